The smallest absolute Gasteiger partial charge is 0.315 e. The second-order valence-corrected chi connectivity index (χ2v) is 4.33. The topological polar surface area (TPSA) is 91.0 Å². The van der Waals surface area contributed by atoms with E-state index in [0.29, 0.717) is 6.54 Å². The van der Waals surface area contributed by atoms with Crippen molar-refractivity contribution in [1.29, 1.82) is 5.41 Å². The lowest BCUT2D eigenvalue weighted by Gasteiger charge is -2.24. The van der Waals surface area contributed by atoms with Gasteiger partial charge in [-0.15, -0.1) is 0 Å². The van der Waals surface area contributed by atoms with Crippen LogP contribution in [0.5, 0.6) is 0 Å². The van der Waals surface area contributed by atoms with Gasteiger partial charge in [0.2, 0.25) is 0 Å². The molecule has 0 spiro atoms. The highest BCUT2D eigenvalue weighted by Crippen LogP contribution is 2.01. The largest absolute Gasteiger partial charge is 0.386 e. The predicted octanol–water partition coefficient (Wildman–Crippen LogP) is 1.20. The van der Waals surface area contributed by atoms with Gasteiger partial charge in [0.25, 0.3) is 0 Å². The van der Waals surface area contributed by atoms with E-state index in [9.17, 15) is 4.79 Å². The van der Waals surface area contributed by atoms with E-state index < -0.39 is 5.54 Å². The SMILES string of the molecule is CC(C)(NC(=O)NCc1ccccc1)C(=N)N. The molecule has 2 amide bonds. The first-order valence-electron chi connectivity index (χ1n) is 5.36. The van der Waals surface area contributed by atoms with Crippen molar-refractivity contribution in [2.45, 2.75) is 25.9 Å². The van der Waals surface area contributed by atoms with Gasteiger partial charge in [-0.2, -0.15) is 0 Å². The van der Waals surface area contributed by atoms with Gasteiger partial charge in [0.15, 0.2) is 0 Å². The first-order valence-corrected chi connectivity index (χ1v) is 5.36. The molecule has 0 aliphatic rings. The van der Waals surface area contributed by atoms with Gasteiger partial charge in [0, 0.05) is 6.54 Å². The van der Waals surface area contributed by atoms with Crippen molar-refractivity contribution in [3.8, 4) is 0 Å². The zero-order valence-corrected chi connectivity index (χ0v) is 10.1. The molecule has 0 saturated heterocycles. The predicted molar refractivity (Wildman–Crippen MR) is 67.8 cm³/mol. The number of hydrogen-bond acceptors (Lipinski definition) is 2. The Balaban J connectivity index is 2.44. The third-order valence-corrected chi connectivity index (χ3v) is 2.40. The Kier molecular flexibility index (Phi) is 4.09. The molecular formula is C12H18N4O. The van der Waals surface area contributed by atoms with E-state index >= 15 is 0 Å². The Hall–Kier alpha value is -2.04. The van der Waals surface area contributed by atoms with Crippen molar-refractivity contribution >= 4 is 11.9 Å². The molecule has 17 heavy (non-hydrogen) atoms. The van der Waals surface area contributed by atoms with Gasteiger partial charge < -0.3 is 16.4 Å². The molecule has 5 heteroatoms. The van der Waals surface area contributed by atoms with Crippen LogP contribution < -0.4 is 16.4 Å². The number of nitrogens with one attached hydrogen (secondary N) is 3. The molecule has 0 aromatic heterocycles. The summed E-state index contributed by atoms with van der Waals surface area (Å²) >= 11 is 0. The van der Waals surface area contributed by atoms with Crippen LogP contribution in [0.2, 0.25) is 0 Å². The molecule has 0 fully saturated rings. The number of hydrogen-bond donors (Lipinski definition) is 4. The Morgan fingerprint density at radius 1 is 1.35 bits per heavy atom. The third-order valence-electron chi connectivity index (χ3n) is 2.40. The second kappa shape index (κ2) is 5.34. The number of urea groups is 1. The Morgan fingerprint density at radius 2 is 1.94 bits per heavy atom. The maximum absolute atomic E-state index is 11.6. The lowest BCUT2D eigenvalue weighted by atomic mass is 10.1. The van der Waals surface area contributed by atoms with Crippen molar-refractivity contribution < 1.29 is 4.79 Å². The minimum atomic E-state index is -0.833. The summed E-state index contributed by atoms with van der Waals surface area (Å²) < 4.78 is 0. The van der Waals surface area contributed by atoms with Crippen molar-refractivity contribution in [3.63, 3.8) is 0 Å². The summed E-state index contributed by atoms with van der Waals surface area (Å²) in [6, 6.07) is 9.26. The molecule has 0 heterocycles. The standard InChI is InChI=1S/C12H18N4O/c1-12(2,10(13)14)16-11(17)15-8-9-6-4-3-5-7-9/h3-7H,8H2,1-2H3,(H3,13,14)(H2,15,16,17). The summed E-state index contributed by atoms with van der Waals surface area (Å²) in [6.07, 6.45) is 0. The highest BCUT2D eigenvalue weighted by molar-refractivity contribution is 5.90. The maximum atomic E-state index is 11.6. The number of carbonyl (C=O) groups is 1. The minimum absolute atomic E-state index is 0.0765. The normalized spacial score (nSPS) is 10.7. The summed E-state index contributed by atoms with van der Waals surface area (Å²) in [7, 11) is 0. The average molecular weight is 234 g/mol. The van der Waals surface area contributed by atoms with Crippen LogP contribution >= 0.6 is 0 Å². The van der Waals surface area contributed by atoms with E-state index in [1.807, 2.05) is 30.3 Å². The van der Waals surface area contributed by atoms with Crippen LogP contribution in [-0.2, 0) is 6.54 Å². The molecule has 0 atom stereocenters. The molecule has 0 unspecified atom stereocenters. The summed E-state index contributed by atoms with van der Waals surface area (Å²) in [4.78, 5) is 11.6. The van der Waals surface area contributed by atoms with Gasteiger partial charge >= 0.3 is 6.03 Å². The molecule has 5 nitrogen and oxygen atoms in total. The van der Waals surface area contributed by atoms with Crippen LogP contribution in [0.15, 0.2) is 30.3 Å². The second-order valence-electron chi connectivity index (χ2n) is 4.33. The van der Waals surface area contributed by atoms with Gasteiger partial charge in [-0.3, -0.25) is 5.41 Å². The van der Waals surface area contributed by atoms with Crippen LogP contribution in [0.1, 0.15) is 19.4 Å². The lowest BCUT2D eigenvalue weighted by molar-refractivity contribution is 0.235. The minimum Gasteiger partial charge on any atom is -0.386 e. The molecular weight excluding hydrogens is 216 g/mol. The van der Waals surface area contributed by atoms with Gasteiger partial charge in [0.1, 0.15) is 5.84 Å². The van der Waals surface area contributed by atoms with E-state index in [-0.39, 0.29) is 11.9 Å². The van der Waals surface area contributed by atoms with Crippen molar-refractivity contribution in [3.05, 3.63) is 35.9 Å². The van der Waals surface area contributed by atoms with E-state index in [1.54, 1.807) is 13.8 Å². The fraction of sp³-hybridized carbons (Fsp3) is 0.333. The summed E-state index contributed by atoms with van der Waals surface area (Å²) in [5.41, 5.74) is 5.55. The van der Waals surface area contributed by atoms with Crippen molar-refractivity contribution in [1.82, 2.24) is 10.6 Å². The van der Waals surface area contributed by atoms with Crippen LogP contribution in [-0.4, -0.2) is 17.4 Å². The number of benzene rings is 1. The Morgan fingerprint density at radius 3 is 2.47 bits per heavy atom. The molecule has 5 N–H and O–H groups in total. The number of carbonyl (C=O) groups excluding carboxylic acids is 1. The van der Waals surface area contributed by atoms with Crippen LogP contribution in [0.3, 0.4) is 0 Å². The Bertz CT molecular complexity index is 400. The molecule has 1 rings (SSSR count). The lowest BCUT2D eigenvalue weighted by Crippen LogP contribution is -2.55. The highest BCUT2D eigenvalue weighted by Gasteiger charge is 2.23. The zero-order chi connectivity index (χ0) is 12.9. The van der Waals surface area contributed by atoms with Gasteiger partial charge in [-0.05, 0) is 19.4 Å². The first kappa shape index (κ1) is 13.0. The number of amidine groups is 1. The van der Waals surface area contributed by atoms with E-state index in [1.165, 1.54) is 0 Å². The molecule has 1 aromatic carbocycles. The summed E-state index contributed by atoms with van der Waals surface area (Å²) in [5, 5.41) is 12.7. The monoisotopic (exact) mass is 234 g/mol. The fourth-order valence-corrected chi connectivity index (χ4v) is 1.17. The highest BCUT2D eigenvalue weighted by atomic mass is 16.2. The molecule has 92 valence electrons. The average Bonchev–Trinajstić information content (AvgIpc) is 2.27. The molecule has 0 radical (unpaired) electrons. The molecule has 1 aromatic rings. The van der Waals surface area contributed by atoms with Gasteiger partial charge in [-0.25, -0.2) is 4.79 Å². The first-order chi connectivity index (χ1) is 7.92. The van der Waals surface area contributed by atoms with E-state index in [4.69, 9.17) is 11.1 Å². The van der Waals surface area contributed by atoms with Crippen LogP contribution in [0.4, 0.5) is 4.79 Å². The quantitative estimate of drug-likeness (QED) is 0.465. The third kappa shape index (κ3) is 4.14. The Labute approximate surface area is 101 Å². The van der Waals surface area contributed by atoms with Crippen LogP contribution in [0, 0.1) is 5.41 Å². The summed E-state index contributed by atoms with van der Waals surface area (Å²) in [6.45, 7) is 3.80. The summed E-state index contributed by atoms with van der Waals surface area (Å²) in [5.74, 6) is -0.0765. The van der Waals surface area contributed by atoms with Crippen LogP contribution in [0.25, 0.3) is 0 Å². The van der Waals surface area contributed by atoms with Gasteiger partial charge in [-0.1, -0.05) is 30.3 Å². The maximum Gasteiger partial charge on any atom is 0.315 e. The van der Waals surface area contributed by atoms with E-state index in [2.05, 4.69) is 10.6 Å². The number of rotatable bonds is 4. The van der Waals surface area contributed by atoms with Gasteiger partial charge in [0.05, 0.1) is 5.54 Å². The molecule has 0 bridgehead atoms. The fourth-order valence-electron chi connectivity index (χ4n) is 1.17. The number of nitrogens with two attached hydrogens (primary N) is 1. The number of amides is 2. The molecule has 0 saturated carbocycles. The van der Waals surface area contributed by atoms with Crippen molar-refractivity contribution in [2.75, 3.05) is 0 Å². The van der Waals surface area contributed by atoms with Crippen molar-refractivity contribution in [2.24, 2.45) is 5.73 Å². The van der Waals surface area contributed by atoms with E-state index in [0.717, 1.165) is 5.56 Å². The zero-order valence-electron chi connectivity index (χ0n) is 10.1. The molecule has 0 aliphatic carbocycles. The molecule has 0 aliphatic heterocycles.